The zero-order chi connectivity index (χ0) is 9.52. The van der Waals surface area contributed by atoms with Gasteiger partial charge in [0.05, 0.1) is 6.61 Å². The van der Waals surface area contributed by atoms with Gasteiger partial charge in [0.1, 0.15) is 12.4 Å². The van der Waals surface area contributed by atoms with E-state index in [1.54, 1.807) is 19.1 Å². The molecule has 0 bridgehead atoms. The molecule has 1 aromatic rings. The largest absolute Gasteiger partial charge is 0.364 e. The molecule has 0 N–H and O–H groups in total. The van der Waals surface area contributed by atoms with Crippen molar-refractivity contribution in [3.63, 3.8) is 0 Å². The molecular weight excluding hydrogens is 167 g/mol. The average Bonchev–Trinajstić information content (AvgIpc) is 2.15. The molecule has 2 heteroatoms. The molecule has 0 heterocycles. The number of benzene rings is 1. The number of rotatable bonds is 3. The van der Waals surface area contributed by atoms with Crippen molar-refractivity contribution in [3.05, 3.63) is 35.6 Å². The van der Waals surface area contributed by atoms with Crippen molar-refractivity contribution in [2.75, 3.05) is 6.61 Å². The van der Waals surface area contributed by atoms with Crippen LogP contribution in [-0.2, 0) is 11.3 Å². The number of halogens is 1. The highest BCUT2D eigenvalue weighted by molar-refractivity contribution is 5.15. The lowest BCUT2D eigenvalue weighted by molar-refractivity contribution is 0.153. The Labute approximate surface area is 77.5 Å². The lowest BCUT2D eigenvalue weighted by Gasteiger charge is -1.99. The van der Waals surface area contributed by atoms with Crippen LogP contribution in [-0.4, -0.2) is 6.61 Å². The van der Waals surface area contributed by atoms with E-state index >= 15 is 0 Å². The lowest BCUT2D eigenvalue weighted by atomic mass is 10.2. The van der Waals surface area contributed by atoms with Crippen molar-refractivity contribution in [2.45, 2.75) is 13.5 Å². The maximum Gasteiger partial charge on any atom is 0.123 e. The highest BCUT2D eigenvalue weighted by atomic mass is 19.1. The van der Waals surface area contributed by atoms with E-state index in [1.807, 2.05) is 0 Å². The first kappa shape index (κ1) is 9.76. The minimum Gasteiger partial charge on any atom is -0.364 e. The summed E-state index contributed by atoms with van der Waals surface area (Å²) < 4.78 is 17.7. The van der Waals surface area contributed by atoms with E-state index in [0.717, 1.165) is 5.56 Å². The van der Waals surface area contributed by atoms with Crippen LogP contribution in [0.15, 0.2) is 24.3 Å². The van der Waals surface area contributed by atoms with E-state index in [4.69, 9.17) is 4.74 Å². The molecule has 0 spiro atoms. The van der Waals surface area contributed by atoms with E-state index in [1.165, 1.54) is 12.1 Å². The van der Waals surface area contributed by atoms with Crippen LogP contribution in [0.3, 0.4) is 0 Å². The molecule has 0 aliphatic carbocycles. The number of ether oxygens (including phenoxy) is 1. The fraction of sp³-hybridized carbons (Fsp3) is 0.273. The van der Waals surface area contributed by atoms with E-state index in [0.29, 0.717) is 13.2 Å². The third kappa shape index (κ3) is 3.73. The van der Waals surface area contributed by atoms with Gasteiger partial charge in [-0.05, 0) is 24.6 Å². The molecular formula is C11H11FO. The van der Waals surface area contributed by atoms with E-state index in [2.05, 4.69) is 11.8 Å². The second kappa shape index (κ2) is 5.34. The molecule has 0 saturated carbocycles. The Morgan fingerprint density at radius 2 is 2.00 bits per heavy atom. The number of hydrogen-bond acceptors (Lipinski definition) is 1. The SMILES string of the molecule is CC#CCOCc1ccc(F)cc1. The van der Waals surface area contributed by atoms with Crippen LogP contribution in [0.4, 0.5) is 4.39 Å². The zero-order valence-corrected chi connectivity index (χ0v) is 7.51. The van der Waals surface area contributed by atoms with E-state index < -0.39 is 0 Å². The lowest BCUT2D eigenvalue weighted by Crippen LogP contribution is -1.92. The van der Waals surface area contributed by atoms with E-state index in [9.17, 15) is 4.39 Å². The third-order valence-corrected chi connectivity index (χ3v) is 1.53. The fourth-order valence-corrected chi connectivity index (χ4v) is 0.873. The second-order valence-corrected chi connectivity index (χ2v) is 2.55. The van der Waals surface area contributed by atoms with Crippen LogP contribution in [0.5, 0.6) is 0 Å². The summed E-state index contributed by atoms with van der Waals surface area (Å²) in [4.78, 5) is 0. The summed E-state index contributed by atoms with van der Waals surface area (Å²) in [5, 5.41) is 0. The molecule has 0 atom stereocenters. The van der Waals surface area contributed by atoms with Crippen LogP contribution >= 0.6 is 0 Å². The van der Waals surface area contributed by atoms with Gasteiger partial charge in [-0.15, -0.1) is 5.92 Å². The molecule has 1 aromatic carbocycles. The van der Waals surface area contributed by atoms with Gasteiger partial charge < -0.3 is 4.74 Å². The van der Waals surface area contributed by atoms with Crippen LogP contribution in [0.1, 0.15) is 12.5 Å². The van der Waals surface area contributed by atoms with Gasteiger partial charge in [0, 0.05) is 0 Å². The summed E-state index contributed by atoms with van der Waals surface area (Å²) in [6.45, 7) is 2.67. The predicted molar refractivity (Wildman–Crippen MR) is 49.5 cm³/mol. The van der Waals surface area contributed by atoms with Crippen molar-refractivity contribution >= 4 is 0 Å². The third-order valence-electron chi connectivity index (χ3n) is 1.53. The van der Waals surface area contributed by atoms with Crippen molar-refractivity contribution in [2.24, 2.45) is 0 Å². The van der Waals surface area contributed by atoms with Crippen molar-refractivity contribution in [1.82, 2.24) is 0 Å². The maximum absolute atomic E-state index is 12.5. The summed E-state index contributed by atoms with van der Waals surface area (Å²) in [6, 6.07) is 6.25. The Bertz CT molecular complexity index is 305. The molecule has 1 rings (SSSR count). The topological polar surface area (TPSA) is 9.23 Å². The normalized spacial score (nSPS) is 9.08. The van der Waals surface area contributed by atoms with Crippen LogP contribution in [0.2, 0.25) is 0 Å². The monoisotopic (exact) mass is 178 g/mol. The maximum atomic E-state index is 12.5. The summed E-state index contributed by atoms with van der Waals surface area (Å²) in [6.07, 6.45) is 0. The summed E-state index contributed by atoms with van der Waals surface area (Å²) >= 11 is 0. The summed E-state index contributed by atoms with van der Waals surface area (Å²) in [7, 11) is 0. The average molecular weight is 178 g/mol. The Morgan fingerprint density at radius 3 is 2.62 bits per heavy atom. The summed E-state index contributed by atoms with van der Waals surface area (Å²) in [5.41, 5.74) is 0.958. The minimum absolute atomic E-state index is 0.225. The molecule has 0 aliphatic rings. The molecule has 0 radical (unpaired) electrons. The van der Waals surface area contributed by atoms with Crippen LogP contribution < -0.4 is 0 Å². The first-order valence-electron chi connectivity index (χ1n) is 4.04. The molecule has 0 aromatic heterocycles. The standard InChI is InChI=1S/C11H11FO/c1-2-3-8-13-9-10-4-6-11(12)7-5-10/h4-7H,8-9H2,1H3. The van der Waals surface area contributed by atoms with E-state index in [-0.39, 0.29) is 5.82 Å². The molecule has 1 nitrogen and oxygen atoms in total. The van der Waals surface area contributed by atoms with Crippen LogP contribution in [0, 0.1) is 17.7 Å². The van der Waals surface area contributed by atoms with Gasteiger partial charge in [-0.25, -0.2) is 4.39 Å². The zero-order valence-electron chi connectivity index (χ0n) is 7.51. The van der Waals surface area contributed by atoms with Gasteiger partial charge in [0.15, 0.2) is 0 Å². The van der Waals surface area contributed by atoms with Gasteiger partial charge >= 0.3 is 0 Å². The van der Waals surface area contributed by atoms with Crippen LogP contribution in [0.25, 0.3) is 0 Å². The summed E-state index contributed by atoms with van der Waals surface area (Å²) in [5.74, 6) is 5.29. The molecule has 0 aliphatic heterocycles. The fourth-order valence-electron chi connectivity index (χ4n) is 0.873. The Balaban J connectivity index is 2.36. The smallest absolute Gasteiger partial charge is 0.123 e. The Kier molecular flexibility index (Phi) is 4.01. The first-order chi connectivity index (χ1) is 6.33. The van der Waals surface area contributed by atoms with Gasteiger partial charge in [-0.2, -0.15) is 0 Å². The van der Waals surface area contributed by atoms with Crippen molar-refractivity contribution < 1.29 is 9.13 Å². The van der Waals surface area contributed by atoms with Gasteiger partial charge in [-0.1, -0.05) is 18.1 Å². The molecule has 0 unspecified atom stereocenters. The van der Waals surface area contributed by atoms with Gasteiger partial charge in [0.2, 0.25) is 0 Å². The van der Waals surface area contributed by atoms with Crippen molar-refractivity contribution in [3.8, 4) is 11.8 Å². The molecule has 13 heavy (non-hydrogen) atoms. The number of hydrogen-bond donors (Lipinski definition) is 0. The quantitative estimate of drug-likeness (QED) is 0.510. The molecule has 0 saturated heterocycles. The van der Waals surface area contributed by atoms with Gasteiger partial charge in [-0.3, -0.25) is 0 Å². The Hall–Kier alpha value is -1.33. The minimum atomic E-state index is -0.225. The predicted octanol–water partition coefficient (Wildman–Crippen LogP) is 2.37. The molecule has 68 valence electrons. The van der Waals surface area contributed by atoms with Crippen molar-refractivity contribution in [1.29, 1.82) is 0 Å². The first-order valence-corrected chi connectivity index (χ1v) is 4.04. The second-order valence-electron chi connectivity index (χ2n) is 2.55. The van der Waals surface area contributed by atoms with Gasteiger partial charge in [0.25, 0.3) is 0 Å². The molecule has 0 fully saturated rings. The molecule has 0 amide bonds. The highest BCUT2D eigenvalue weighted by Gasteiger charge is 1.92. The highest BCUT2D eigenvalue weighted by Crippen LogP contribution is 2.03. The Morgan fingerprint density at radius 1 is 1.31 bits per heavy atom.